The fourth-order valence-electron chi connectivity index (χ4n) is 1.67. The molecule has 0 aliphatic rings. The molecule has 0 fully saturated rings. The molecule has 96 valence electrons. The SMILES string of the molecule is Cc1ccc(CNc2ccc(C#N)cc2F)cc1Cl. The molecule has 0 aromatic heterocycles. The maximum atomic E-state index is 13.6. The van der Waals surface area contributed by atoms with Crippen LogP contribution in [0.4, 0.5) is 10.1 Å². The lowest BCUT2D eigenvalue weighted by atomic mass is 10.1. The molecule has 0 spiro atoms. The zero-order valence-corrected chi connectivity index (χ0v) is 11.1. The van der Waals surface area contributed by atoms with Crippen LogP contribution in [0.1, 0.15) is 16.7 Å². The Labute approximate surface area is 116 Å². The summed E-state index contributed by atoms with van der Waals surface area (Å²) in [6.07, 6.45) is 0. The van der Waals surface area contributed by atoms with E-state index in [4.69, 9.17) is 16.9 Å². The number of hydrogen-bond acceptors (Lipinski definition) is 2. The lowest BCUT2D eigenvalue weighted by molar-refractivity contribution is 0.629. The summed E-state index contributed by atoms with van der Waals surface area (Å²) >= 11 is 6.03. The fourth-order valence-corrected chi connectivity index (χ4v) is 1.87. The highest BCUT2D eigenvalue weighted by atomic mass is 35.5. The highest BCUT2D eigenvalue weighted by Gasteiger charge is 2.04. The van der Waals surface area contributed by atoms with E-state index in [1.54, 1.807) is 12.1 Å². The van der Waals surface area contributed by atoms with Crippen LogP contribution in [0.2, 0.25) is 5.02 Å². The molecular formula is C15H12ClFN2. The van der Waals surface area contributed by atoms with Crippen LogP contribution in [0.5, 0.6) is 0 Å². The predicted octanol–water partition coefficient (Wildman–Crippen LogP) is 4.27. The Morgan fingerprint density at radius 1 is 1.26 bits per heavy atom. The Kier molecular flexibility index (Phi) is 4.03. The fraction of sp³-hybridized carbons (Fsp3) is 0.133. The number of benzene rings is 2. The summed E-state index contributed by atoms with van der Waals surface area (Å²) in [5, 5.41) is 12.3. The first kappa shape index (κ1) is 13.4. The molecule has 2 rings (SSSR count). The van der Waals surface area contributed by atoms with Crippen molar-refractivity contribution in [3.05, 3.63) is 63.9 Å². The van der Waals surface area contributed by atoms with E-state index in [1.807, 2.05) is 31.2 Å². The second kappa shape index (κ2) is 5.73. The van der Waals surface area contributed by atoms with Gasteiger partial charge in [0.05, 0.1) is 17.3 Å². The van der Waals surface area contributed by atoms with Crippen molar-refractivity contribution in [2.75, 3.05) is 5.32 Å². The Morgan fingerprint density at radius 2 is 2.05 bits per heavy atom. The number of aryl methyl sites for hydroxylation is 1. The minimum atomic E-state index is -0.433. The van der Waals surface area contributed by atoms with Crippen LogP contribution in [0.25, 0.3) is 0 Å². The summed E-state index contributed by atoms with van der Waals surface area (Å²) in [6.45, 7) is 2.41. The van der Waals surface area contributed by atoms with Crippen molar-refractivity contribution in [3.8, 4) is 6.07 Å². The molecule has 0 saturated carbocycles. The van der Waals surface area contributed by atoms with E-state index in [0.29, 0.717) is 22.8 Å². The van der Waals surface area contributed by atoms with E-state index in [9.17, 15) is 4.39 Å². The van der Waals surface area contributed by atoms with Gasteiger partial charge in [0, 0.05) is 11.6 Å². The Balaban J connectivity index is 2.10. The molecule has 4 heteroatoms. The topological polar surface area (TPSA) is 35.8 Å². The number of rotatable bonds is 3. The second-order valence-electron chi connectivity index (χ2n) is 4.24. The van der Waals surface area contributed by atoms with Gasteiger partial charge in [-0.2, -0.15) is 5.26 Å². The van der Waals surface area contributed by atoms with Crippen LogP contribution in [-0.2, 0) is 6.54 Å². The molecule has 0 saturated heterocycles. The van der Waals surface area contributed by atoms with E-state index in [2.05, 4.69) is 5.32 Å². The van der Waals surface area contributed by atoms with E-state index in [1.165, 1.54) is 6.07 Å². The minimum Gasteiger partial charge on any atom is -0.379 e. The van der Waals surface area contributed by atoms with Crippen molar-refractivity contribution in [3.63, 3.8) is 0 Å². The van der Waals surface area contributed by atoms with Gasteiger partial charge in [0.2, 0.25) is 0 Å². The molecule has 1 N–H and O–H groups in total. The van der Waals surface area contributed by atoms with E-state index < -0.39 is 5.82 Å². The average Bonchev–Trinajstić information content (AvgIpc) is 2.41. The van der Waals surface area contributed by atoms with Gasteiger partial charge in [-0.05, 0) is 42.3 Å². The summed E-state index contributed by atoms with van der Waals surface area (Å²) in [5.74, 6) is -0.433. The predicted molar refractivity (Wildman–Crippen MR) is 74.6 cm³/mol. The average molecular weight is 275 g/mol. The molecule has 0 atom stereocenters. The third-order valence-electron chi connectivity index (χ3n) is 2.82. The first-order valence-electron chi connectivity index (χ1n) is 5.78. The quantitative estimate of drug-likeness (QED) is 0.907. The summed E-state index contributed by atoms with van der Waals surface area (Å²) in [6, 6.07) is 12.0. The summed E-state index contributed by atoms with van der Waals surface area (Å²) in [7, 11) is 0. The maximum Gasteiger partial charge on any atom is 0.147 e. The van der Waals surface area contributed by atoms with Gasteiger partial charge in [0.1, 0.15) is 5.82 Å². The maximum absolute atomic E-state index is 13.6. The molecule has 0 unspecified atom stereocenters. The molecule has 2 nitrogen and oxygen atoms in total. The van der Waals surface area contributed by atoms with E-state index >= 15 is 0 Å². The first-order chi connectivity index (χ1) is 9.10. The molecule has 2 aromatic rings. The zero-order chi connectivity index (χ0) is 13.8. The lowest BCUT2D eigenvalue weighted by Crippen LogP contribution is -2.01. The van der Waals surface area contributed by atoms with Crippen molar-refractivity contribution in [2.24, 2.45) is 0 Å². The Morgan fingerprint density at radius 3 is 2.68 bits per heavy atom. The molecule has 0 aliphatic heterocycles. The molecular weight excluding hydrogens is 263 g/mol. The summed E-state index contributed by atoms with van der Waals surface area (Å²) in [5.41, 5.74) is 2.66. The third kappa shape index (κ3) is 3.24. The number of nitrogens with one attached hydrogen (secondary N) is 1. The van der Waals surface area contributed by atoms with Crippen LogP contribution < -0.4 is 5.32 Å². The molecule has 0 radical (unpaired) electrons. The molecule has 19 heavy (non-hydrogen) atoms. The van der Waals surface area contributed by atoms with Gasteiger partial charge < -0.3 is 5.32 Å². The van der Waals surface area contributed by atoms with Crippen LogP contribution in [0.15, 0.2) is 36.4 Å². The monoisotopic (exact) mass is 274 g/mol. The standard InChI is InChI=1S/C15H12ClFN2/c1-10-2-3-12(6-13(10)16)9-19-15-5-4-11(8-18)7-14(15)17/h2-7,19H,9H2,1H3. The molecule has 0 amide bonds. The van der Waals surface area contributed by atoms with Crippen LogP contribution in [0, 0.1) is 24.1 Å². The van der Waals surface area contributed by atoms with E-state index in [-0.39, 0.29) is 0 Å². The Hall–Kier alpha value is -2.05. The highest BCUT2D eigenvalue weighted by molar-refractivity contribution is 6.31. The molecule has 0 aliphatic carbocycles. The second-order valence-corrected chi connectivity index (χ2v) is 4.65. The van der Waals surface area contributed by atoms with Crippen molar-refractivity contribution in [1.29, 1.82) is 5.26 Å². The molecule has 0 bridgehead atoms. The van der Waals surface area contributed by atoms with Crippen molar-refractivity contribution in [2.45, 2.75) is 13.5 Å². The Bertz CT molecular complexity index is 647. The lowest BCUT2D eigenvalue weighted by Gasteiger charge is -2.09. The van der Waals surface area contributed by atoms with Gasteiger partial charge in [-0.25, -0.2) is 4.39 Å². The van der Waals surface area contributed by atoms with Gasteiger partial charge in [0.15, 0.2) is 0 Å². The number of halogens is 2. The number of hydrogen-bond donors (Lipinski definition) is 1. The molecule has 0 heterocycles. The van der Waals surface area contributed by atoms with E-state index in [0.717, 1.165) is 11.1 Å². The third-order valence-corrected chi connectivity index (χ3v) is 3.22. The van der Waals surface area contributed by atoms with Gasteiger partial charge in [0.25, 0.3) is 0 Å². The number of nitriles is 1. The number of anilines is 1. The van der Waals surface area contributed by atoms with Crippen LogP contribution in [-0.4, -0.2) is 0 Å². The minimum absolute atomic E-state index is 0.307. The summed E-state index contributed by atoms with van der Waals surface area (Å²) in [4.78, 5) is 0. The smallest absolute Gasteiger partial charge is 0.147 e. The van der Waals surface area contributed by atoms with Gasteiger partial charge in [-0.3, -0.25) is 0 Å². The van der Waals surface area contributed by atoms with Gasteiger partial charge in [-0.15, -0.1) is 0 Å². The molecule has 2 aromatic carbocycles. The van der Waals surface area contributed by atoms with Crippen LogP contribution in [0.3, 0.4) is 0 Å². The highest BCUT2D eigenvalue weighted by Crippen LogP contribution is 2.19. The zero-order valence-electron chi connectivity index (χ0n) is 10.4. The normalized spacial score (nSPS) is 10.0. The van der Waals surface area contributed by atoms with Crippen molar-refractivity contribution >= 4 is 17.3 Å². The van der Waals surface area contributed by atoms with Gasteiger partial charge in [-0.1, -0.05) is 23.7 Å². The van der Waals surface area contributed by atoms with Crippen molar-refractivity contribution in [1.82, 2.24) is 0 Å². The van der Waals surface area contributed by atoms with Crippen LogP contribution >= 0.6 is 11.6 Å². The summed E-state index contributed by atoms with van der Waals surface area (Å²) < 4.78 is 13.6. The largest absolute Gasteiger partial charge is 0.379 e. The number of nitrogens with zero attached hydrogens (tertiary/aromatic N) is 1. The first-order valence-corrected chi connectivity index (χ1v) is 6.16. The van der Waals surface area contributed by atoms with Crippen molar-refractivity contribution < 1.29 is 4.39 Å². The van der Waals surface area contributed by atoms with Gasteiger partial charge >= 0.3 is 0 Å².